The van der Waals surface area contributed by atoms with Crippen LogP contribution in [0.15, 0.2) is 24.1 Å². The second kappa shape index (κ2) is 13.9. The molecule has 1 rings (SSSR count). The second-order valence-corrected chi connectivity index (χ2v) is 12.5. The standard InChI is InChI=1S/C11H26N2Si.C9H20N2Si/c1-5-12(6-2)11(9-10-14)13(7-3)8-4;1-5-12(3,4)11-8-6-10(2)7-9-11/h9-11H,5-8H2,1-4,14H3;5H,1,6-9H2,2-4H3. The quantitative estimate of drug-likeness (QED) is 0.435. The lowest BCUT2D eigenvalue weighted by Crippen LogP contribution is -2.55. The van der Waals surface area contributed by atoms with Crippen molar-refractivity contribution >= 4 is 18.5 Å². The topological polar surface area (TPSA) is 13.0 Å². The van der Waals surface area contributed by atoms with Crippen LogP contribution >= 0.6 is 0 Å². The van der Waals surface area contributed by atoms with Crippen LogP contribution in [0.5, 0.6) is 0 Å². The van der Waals surface area contributed by atoms with Crippen LogP contribution in [0.2, 0.25) is 13.1 Å². The molecule has 0 atom stereocenters. The average Bonchev–Trinajstić information content (AvgIpc) is 2.64. The predicted octanol–water partition coefficient (Wildman–Crippen LogP) is 2.04. The molecule has 1 aliphatic rings. The molecule has 0 unspecified atom stereocenters. The zero-order chi connectivity index (χ0) is 20.2. The number of piperazine rings is 1. The Morgan fingerprint density at radius 3 is 1.69 bits per heavy atom. The van der Waals surface area contributed by atoms with Gasteiger partial charge in [0.2, 0.25) is 0 Å². The van der Waals surface area contributed by atoms with Crippen LogP contribution < -0.4 is 0 Å². The summed E-state index contributed by atoms with van der Waals surface area (Å²) in [6.45, 7) is 27.0. The lowest BCUT2D eigenvalue weighted by atomic mass is 10.3. The summed E-state index contributed by atoms with van der Waals surface area (Å²) >= 11 is 0. The largest absolute Gasteiger partial charge is 0.318 e. The minimum atomic E-state index is -1.24. The van der Waals surface area contributed by atoms with Gasteiger partial charge in [-0.15, -0.1) is 12.3 Å². The molecule has 1 fully saturated rings. The molecule has 1 saturated heterocycles. The molecule has 1 heterocycles. The average molecular weight is 399 g/mol. The molecule has 0 aromatic carbocycles. The molecular weight excluding hydrogens is 352 g/mol. The fourth-order valence-electron chi connectivity index (χ4n) is 3.35. The maximum Gasteiger partial charge on any atom is 0.146 e. The van der Waals surface area contributed by atoms with Crippen LogP contribution in [-0.2, 0) is 0 Å². The lowest BCUT2D eigenvalue weighted by Gasteiger charge is -2.40. The summed E-state index contributed by atoms with van der Waals surface area (Å²) in [5.41, 5.74) is 4.47. The van der Waals surface area contributed by atoms with E-state index in [9.17, 15) is 0 Å². The van der Waals surface area contributed by atoms with Crippen LogP contribution in [0.4, 0.5) is 0 Å². The van der Waals surface area contributed by atoms with Gasteiger partial charge in [-0.2, -0.15) is 0 Å². The summed E-state index contributed by atoms with van der Waals surface area (Å²) in [5.74, 6) is 0. The molecule has 0 saturated carbocycles. The summed E-state index contributed by atoms with van der Waals surface area (Å²) < 4.78 is 2.62. The van der Waals surface area contributed by atoms with E-state index in [1.807, 2.05) is 0 Å². The van der Waals surface area contributed by atoms with E-state index in [0.717, 1.165) is 36.4 Å². The first-order valence-corrected chi connectivity index (χ1v) is 14.7. The molecule has 0 amide bonds. The Morgan fingerprint density at radius 2 is 1.38 bits per heavy atom. The van der Waals surface area contributed by atoms with Crippen molar-refractivity contribution in [1.82, 2.24) is 19.3 Å². The van der Waals surface area contributed by atoms with Crippen molar-refractivity contribution in [2.75, 3.05) is 59.4 Å². The van der Waals surface area contributed by atoms with Crippen LogP contribution in [-0.4, -0.2) is 103 Å². The Bertz CT molecular complexity index is 373. The monoisotopic (exact) mass is 398 g/mol. The summed E-state index contributed by atoms with van der Waals surface area (Å²) in [4.78, 5) is 7.40. The van der Waals surface area contributed by atoms with Crippen molar-refractivity contribution in [3.05, 3.63) is 24.1 Å². The Labute approximate surface area is 168 Å². The molecule has 1 aliphatic heterocycles. The van der Waals surface area contributed by atoms with Crippen molar-refractivity contribution in [3.63, 3.8) is 0 Å². The van der Waals surface area contributed by atoms with E-state index in [1.54, 1.807) is 0 Å². The highest BCUT2D eigenvalue weighted by molar-refractivity contribution is 6.79. The third-order valence-electron chi connectivity index (χ3n) is 5.56. The fraction of sp³-hybridized carbons (Fsp3) is 0.800. The van der Waals surface area contributed by atoms with Gasteiger partial charge in [-0.25, -0.2) is 0 Å². The Hall–Kier alpha value is -0.246. The van der Waals surface area contributed by atoms with Gasteiger partial charge in [0.15, 0.2) is 0 Å². The van der Waals surface area contributed by atoms with E-state index in [1.165, 1.54) is 26.2 Å². The maximum absolute atomic E-state index is 3.93. The first-order valence-electron chi connectivity index (χ1n) is 10.5. The van der Waals surface area contributed by atoms with E-state index < -0.39 is 8.24 Å². The van der Waals surface area contributed by atoms with Gasteiger partial charge in [0.05, 0.1) is 6.17 Å². The molecule has 0 N–H and O–H groups in total. The minimum absolute atomic E-state index is 0.512. The maximum atomic E-state index is 3.93. The first kappa shape index (κ1) is 25.8. The van der Waals surface area contributed by atoms with Crippen molar-refractivity contribution in [2.24, 2.45) is 0 Å². The zero-order valence-electron chi connectivity index (χ0n) is 19.0. The molecule has 0 radical (unpaired) electrons. The van der Waals surface area contributed by atoms with Gasteiger partial charge in [0.1, 0.15) is 8.24 Å². The third-order valence-corrected chi connectivity index (χ3v) is 9.02. The number of hydrogen-bond acceptors (Lipinski definition) is 4. The van der Waals surface area contributed by atoms with Gasteiger partial charge >= 0.3 is 0 Å². The predicted molar refractivity (Wildman–Crippen MR) is 125 cm³/mol. The van der Waals surface area contributed by atoms with Gasteiger partial charge in [0, 0.05) is 36.4 Å². The van der Waals surface area contributed by atoms with E-state index in [-0.39, 0.29) is 0 Å². The van der Waals surface area contributed by atoms with Crippen molar-refractivity contribution in [2.45, 2.75) is 47.0 Å². The van der Waals surface area contributed by atoms with E-state index >= 15 is 0 Å². The van der Waals surface area contributed by atoms with Gasteiger partial charge in [-0.1, -0.05) is 52.6 Å². The highest BCUT2D eigenvalue weighted by Crippen LogP contribution is 2.13. The molecule has 0 spiro atoms. The van der Waals surface area contributed by atoms with Gasteiger partial charge in [0.25, 0.3) is 0 Å². The van der Waals surface area contributed by atoms with Crippen LogP contribution in [0.25, 0.3) is 0 Å². The second-order valence-electron chi connectivity index (χ2n) is 7.53. The Kier molecular flexibility index (Phi) is 13.7. The molecule has 0 aromatic heterocycles. The highest BCUT2D eigenvalue weighted by atomic mass is 28.3. The van der Waals surface area contributed by atoms with Gasteiger partial charge in [-0.3, -0.25) is 9.80 Å². The van der Waals surface area contributed by atoms with E-state index in [0.29, 0.717) is 6.17 Å². The number of nitrogens with zero attached hydrogens (tertiary/aromatic N) is 4. The van der Waals surface area contributed by atoms with Gasteiger partial charge in [-0.05, 0) is 33.2 Å². The summed E-state index contributed by atoms with van der Waals surface area (Å²) in [5, 5.41) is 0. The SMILES string of the molecule is C=C[Si](C)(C)N1CCN(C)CC1.CCN(CC)C(C=C[SiH3])N(CC)CC. The molecule has 6 heteroatoms. The molecule has 0 aromatic rings. The third kappa shape index (κ3) is 8.63. The molecule has 154 valence electrons. The Morgan fingerprint density at radius 1 is 0.962 bits per heavy atom. The molecule has 4 nitrogen and oxygen atoms in total. The smallest absolute Gasteiger partial charge is 0.146 e. The molecule has 26 heavy (non-hydrogen) atoms. The summed E-state index contributed by atoms with van der Waals surface area (Å²) in [6.07, 6.45) is 2.86. The van der Waals surface area contributed by atoms with Crippen LogP contribution in [0.1, 0.15) is 27.7 Å². The fourth-order valence-corrected chi connectivity index (χ4v) is 5.31. The Balaban J connectivity index is 0.000000485. The summed E-state index contributed by atoms with van der Waals surface area (Å²) in [7, 11) is 2.11. The van der Waals surface area contributed by atoms with Crippen molar-refractivity contribution in [1.29, 1.82) is 0 Å². The molecule has 0 aliphatic carbocycles. The molecule has 0 bridgehead atoms. The van der Waals surface area contributed by atoms with Gasteiger partial charge < -0.3 is 9.47 Å². The molecular formula is C20H46N4Si2. The highest BCUT2D eigenvalue weighted by Gasteiger charge is 2.28. The normalized spacial score (nSPS) is 17.3. The lowest BCUT2D eigenvalue weighted by molar-refractivity contribution is 0.0928. The minimum Gasteiger partial charge on any atom is -0.318 e. The van der Waals surface area contributed by atoms with E-state index in [4.69, 9.17) is 0 Å². The van der Waals surface area contributed by atoms with E-state index in [2.05, 4.69) is 91.2 Å². The first-order chi connectivity index (χ1) is 12.3. The zero-order valence-corrected chi connectivity index (χ0v) is 22.0. The van der Waals surface area contributed by atoms with Crippen molar-refractivity contribution in [3.8, 4) is 0 Å². The number of hydrogen-bond donors (Lipinski definition) is 0. The van der Waals surface area contributed by atoms with Crippen molar-refractivity contribution < 1.29 is 0 Å². The number of rotatable bonds is 9. The van der Waals surface area contributed by atoms with Crippen LogP contribution in [0.3, 0.4) is 0 Å². The number of likely N-dealkylation sites (N-methyl/N-ethyl adjacent to an activating group) is 3. The van der Waals surface area contributed by atoms with Crippen LogP contribution in [0, 0.1) is 0 Å². The summed E-state index contributed by atoms with van der Waals surface area (Å²) in [6, 6.07) is 0.